The van der Waals surface area contributed by atoms with Crippen molar-refractivity contribution in [3.05, 3.63) is 0 Å². The number of hydrogen-bond acceptors (Lipinski definition) is 2. The minimum Gasteiger partial charge on any atom is -0.359 e. The molecular weight excluding hydrogens is 274 g/mol. The predicted octanol–water partition coefficient (Wildman–Crippen LogP) is 4.93. The molecule has 130 valence electrons. The monoisotopic (exact) mass is 311 g/mol. The number of carbonyl (C=O) groups is 1. The Bertz CT molecular complexity index is 289. The van der Waals surface area contributed by atoms with E-state index in [4.69, 9.17) is 4.74 Å². The number of hydrogen-bond donors (Lipinski definition) is 0. The number of likely N-dealkylation sites (N-methyl/N-ethyl adjacent to an activating group) is 1. The highest BCUT2D eigenvalue weighted by molar-refractivity contribution is 5.83. The van der Waals surface area contributed by atoms with E-state index in [1.807, 2.05) is 18.7 Å². The fourth-order valence-electron chi connectivity index (χ4n) is 3.13. The molecule has 3 heteroatoms. The van der Waals surface area contributed by atoms with E-state index in [0.717, 1.165) is 19.5 Å². The molecule has 0 unspecified atom stereocenters. The molecule has 22 heavy (non-hydrogen) atoms. The molecule has 0 bridgehead atoms. The van der Waals surface area contributed by atoms with Gasteiger partial charge in [0.05, 0.1) is 6.10 Å². The van der Waals surface area contributed by atoms with Crippen molar-refractivity contribution in [2.45, 2.75) is 104 Å². The van der Waals surface area contributed by atoms with Gasteiger partial charge in [-0.3, -0.25) is 4.79 Å². The van der Waals surface area contributed by atoms with Crippen LogP contribution in [0, 0.1) is 0 Å². The van der Waals surface area contributed by atoms with Gasteiger partial charge in [0.25, 0.3) is 5.91 Å². The third-order valence-corrected chi connectivity index (χ3v) is 4.74. The lowest BCUT2D eigenvalue weighted by Crippen LogP contribution is -2.34. The molecule has 0 spiro atoms. The van der Waals surface area contributed by atoms with E-state index >= 15 is 0 Å². The second-order valence-corrected chi connectivity index (χ2v) is 6.58. The standard InChI is InChI=1S/C19H37NO2/c1-4-7-8-9-10-11-12-13-14-15-16-17-18(22-17)19(21)20(5-2)6-3/h17-18H,4-16H2,1-3H3/t17-,18+/m0/s1. The number of unbranched alkanes of at least 4 members (excludes halogenated alkanes) is 9. The summed E-state index contributed by atoms with van der Waals surface area (Å²) in [6, 6.07) is 0. The number of rotatable bonds is 14. The SMILES string of the molecule is CCCCCCCCCCCC[C@@H]1O[C@H]1C(=O)N(CC)CC. The summed E-state index contributed by atoms with van der Waals surface area (Å²) in [5.74, 6) is 0.196. The fraction of sp³-hybridized carbons (Fsp3) is 0.947. The minimum atomic E-state index is -0.126. The normalized spacial score (nSPS) is 20.1. The summed E-state index contributed by atoms with van der Waals surface area (Å²) in [6.45, 7) is 7.91. The lowest BCUT2D eigenvalue weighted by Gasteiger charge is -2.17. The summed E-state index contributed by atoms with van der Waals surface area (Å²) in [6.07, 6.45) is 14.7. The molecule has 1 aliphatic heterocycles. The third-order valence-electron chi connectivity index (χ3n) is 4.74. The highest BCUT2D eigenvalue weighted by Gasteiger charge is 2.45. The number of amides is 1. The lowest BCUT2D eigenvalue weighted by atomic mass is 10.0. The quantitative estimate of drug-likeness (QED) is 0.336. The zero-order chi connectivity index (χ0) is 16.2. The van der Waals surface area contributed by atoms with E-state index in [1.165, 1.54) is 64.2 Å². The first-order valence-electron chi connectivity index (χ1n) is 9.68. The number of epoxide rings is 1. The van der Waals surface area contributed by atoms with Gasteiger partial charge in [-0.25, -0.2) is 0 Å². The van der Waals surface area contributed by atoms with Gasteiger partial charge in [-0.15, -0.1) is 0 Å². The van der Waals surface area contributed by atoms with Crippen molar-refractivity contribution in [1.82, 2.24) is 4.90 Å². The molecule has 0 radical (unpaired) electrons. The molecule has 1 heterocycles. The molecule has 0 N–H and O–H groups in total. The van der Waals surface area contributed by atoms with Crippen LogP contribution in [-0.4, -0.2) is 36.1 Å². The molecule has 1 saturated heterocycles. The summed E-state index contributed by atoms with van der Waals surface area (Å²) in [4.78, 5) is 13.9. The fourth-order valence-corrected chi connectivity index (χ4v) is 3.13. The largest absolute Gasteiger partial charge is 0.359 e. The van der Waals surface area contributed by atoms with Crippen molar-refractivity contribution in [3.63, 3.8) is 0 Å². The van der Waals surface area contributed by atoms with Crippen LogP contribution < -0.4 is 0 Å². The molecule has 1 rings (SSSR count). The van der Waals surface area contributed by atoms with Gasteiger partial charge in [0.15, 0.2) is 6.10 Å². The molecule has 1 amide bonds. The zero-order valence-corrected chi connectivity index (χ0v) is 15.1. The molecule has 0 saturated carbocycles. The Morgan fingerprint density at radius 2 is 1.32 bits per heavy atom. The van der Waals surface area contributed by atoms with Gasteiger partial charge < -0.3 is 9.64 Å². The molecule has 2 atom stereocenters. The van der Waals surface area contributed by atoms with Crippen LogP contribution in [0.5, 0.6) is 0 Å². The third kappa shape index (κ3) is 7.62. The second kappa shape index (κ2) is 11.9. The van der Waals surface area contributed by atoms with E-state index in [1.54, 1.807) is 0 Å². The number of nitrogens with zero attached hydrogens (tertiary/aromatic N) is 1. The summed E-state index contributed by atoms with van der Waals surface area (Å²) >= 11 is 0. The van der Waals surface area contributed by atoms with Gasteiger partial charge in [0.1, 0.15) is 0 Å². The van der Waals surface area contributed by atoms with Gasteiger partial charge in [-0.05, 0) is 20.3 Å². The van der Waals surface area contributed by atoms with Crippen LogP contribution in [0.4, 0.5) is 0 Å². The number of ether oxygens (including phenoxy) is 1. The Kier molecular flexibility index (Phi) is 10.6. The maximum atomic E-state index is 12.1. The van der Waals surface area contributed by atoms with Crippen molar-refractivity contribution in [1.29, 1.82) is 0 Å². The summed E-state index contributed by atoms with van der Waals surface area (Å²) in [5.41, 5.74) is 0. The summed E-state index contributed by atoms with van der Waals surface area (Å²) in [7, 11) is 0. The van der Waals surface area contributed by atoms with Gasteiger partial charge in [0.2, 0.25) is 0 Å². The van der Waals surface area contributed by atoms with Crippen molar-refractivity contribution < 1.29 is 9.53 Å². The average molecular weight is 312 g/mol. The zero-order valence-electron chi connectivity index (χ0n) is 15.1. The summed E-state index contributed by atoms with van der Waals surface area (Å²) in [5, 5.41) is 0. The summed E-state index contributed by atoms with van der Waals surface area (Å²) < 4.78 is 5.55. The van der Waals surface area contributed by atoms with Gasteiger partial charge in [-0.1, -0.05) is 71.1 Å². The maximum Gasteiger partial charge on any atom is 0.254 e. The van der Waals surface area contributed by atoms with Gasteiger partial charge in [-0.2, -0.15) is 0 Å². The van der Waals surface area contributed by atoms with Crippen LogP contribution in [0.2, 0.25) is 0 Å². The molecule has 0 aromatic rings. The first-order chi connectivity index (χ1) is 10.7. The molecule has 1 fully saturated rings. The van der Waals surface area contributed by atoms with E-state index in [0.29, 0.717) is 0 Å². The van der Waals surface area contributed by atoms with E-state index in [2.05, 4.69) is 6.92 Å². The van der Waals surface area contributed by atoms with E-state index in [9.17, 15) is 4.79 Å². The number of carbonyl (C=O) groups excluding carboxylic acids is 1. The Morgan fingerprint density at radius 1 is 0.818 bits per heavy atom. The van der Waals surface area contributed by atoms with E-state index in [-0.39, 0.29) is 18.1 Å². The van der Waals surface area contributed by atoms with Crippen molar-refractivity contribution in [2.24, 2.45) is 0 Å². The van der Waals surface area contributed by atoms with Gasteiger partial charge in [0, 0.05) is 13.1 Å². The second-order valence-electron chi connectivity index (χ2n) is 6.58. The predicted molar refractivity (Wildman–Crippen MR) is 93.1 cm³/mol. The van der Waals surface area contributed by atoms with Crippen LogP contribution in [0.25, 0.3) is 0 Å². The molecule has 1 aliphatic rings. The van der Waals surface area contributed by atoms with Crippen molar-refractivity contribution >= 4 is 5.91 Å². The van der Waals surface area contributed by atoms with Crippen LogP contribution in [0.3, 0.4) is 0 Å². The highest BCUT2D eigenvalue weighted by atomic mass is 16.6. The Morgan fingerprint density at radius 3 is 1.82 bits per heavy atom. The topological polar surface area (TPSA) is 32.8 Å². The first kappa shape index (κ1) is 19.5. The molecule has 0 aromatic heterocycles. The van der Waals surface area contributed by atoms with Gasteiger partial charge >= 0.3 is 0 Å². The Hall–Kier alpha value is -0.570. The Balaban J connectivity index is 1.89. The van der Waals surface area contributed by atoms with Crippen LogP contribution in [-0.2, 0) is 9.53 Å². The first-order valence-corrected chi connectivity index (χ1v) is 9.68. The lowest BCUT2D eigenvalue weighted by molar-refractivity contribution is -0.132. The smallest absolute Gasteiger partial charge is 0.254 e. The average Bonchev–Trinajstić information content (AvgIpc) is 3.30. The van der Waals surface area contributed by atoms with Crippen LogP contribution in [0.15, 0.2) is 0 Å². The molecular formula is C19H37NO2. The minimum absolute atomic E-state index is 0.126. The van der Waals surface area contributed by atoms with Crippen LogP contribution >= 0.6 is 0 Å². The molecule has 0 aromatic carbocycles. The highest BCUT2D eigenvalue weighted by Crippen LogP contribution is 2.29. The van der Waals surface area contributed by atoms with Crippen molar-refractivity contribution in [2.75, 3.05) is 13.1 Å². The molecule has 3 nitrogen and oxygen atoms in total. The molecule has 0 aliphatic carbocycles. The maximum absolute atomic E-state index is 12.1. The van der Waals surface area contributed by atoms with Crippen LogP contribution in [0.1, 0.15) is 91.4 Å². The Labute approximate surface area is 137 Å². The van der Waals surface area contributed by atoms with Crippen molar-refractivity contribution in [3.8, 4) is 0 Å². The van der Waals surface area contributed by atoms with E-state index < -0.39 is 0 Å².